The monoisotopic (exact) mass is 349 g/mol. The maximum absolute atomic E-state index is 6.13. The van der Waals surface area contributed by atoms with Gasteiger partial charge in [0.25, 0.3) is 0 Å². The molecule has 2 rings (SSSR count). The van der Waals surface area contributed by atoms with E-state index in [-0.39, 0.29) is 0 Å². The van der Waals surface area contributed by atoms with Crippen molar-refractivity contribution in [2.45, 2.75) is 6.92 Å². The number of nitrogens with one attached hydrogen (secondary N) is 2. The number of hydrogen-bond donors (Lipinski definition) is 2. The highest BCUT2D eigenvalue weighted by atomic mass is 35.5. The van der Waals surface area contributed by atoms with Gasteiger partial charge >= 0.3 is 0 Å². The van der Waals surface area contributed by atoms with Gasteiger partial charge in [0, 0.05) is 11.6 Å². The van der Waals surface area contributed by atoms with E-state index in [9.17, 15) is 0 Å². The first-order valence-electron chi connectivity index (χ1n) is 5.83. The first kappa shape index (κ1) is 15.5. The van der Waals surface area contributed by atoms with E-state index in [1.165, 1.54) is 0 Å². The van der Waals surface area contributed by atoms with Crippen LogP contribution in [0.3, 0.4) is 0 Å². The average Bonchev–Trinajstić information content (AvgIpc) is 2.39. The summed E-state index contributed by atoms with van der Waals surface area (Å²) in [6.45, 7) is 2.65. The molecule has 1 aromatic carbocycles. The molecule has 0 bridgehead atoms. The van der Waals surface area contributed by atoms with Gasteiger partial charge in [0.15, 0.2) is 5.82 Å². The minimum atomic E-state index is 0.396. The van der Waals surface area contributed by atoms with Gasteiger partial charge < -0.3 is 10.6 Å². The topological polar surface area (TPSA) is 37.0 Å². The van der Waals surface area contributed by atoms with Crippen LogP contribution in [0.1, 0.15) is 6.92 Å². The summed E-state index contributed by atoms with van der Waals surface area (Å²) in [5.74, 6) is 1.01. The van der Waals surface area contributed by atoms with Crippen molar-refractivity contribution >= 4 is 63.7 Å². The number of rotatable bonds is 4. The van der Waals surface area contributed by atoms with Crippen molar-refractivity contribution in [3.05, 3.63) is 44.4 Å². The number of anilines is 3. The Labute approximate surface area is 137 Å². The van der Waals surface area contributed by atoms with Crippen molar-refractivity contribution in [2.75, 3.05) is 17.2 Å². The highest BCUT2D eigenvalue weighted by Crippen LogP contribution is 2.33. The summed E-state index contributed by atoms with van der Waals surface area (Å²) in [6.07, 6.45) is 0. The van der Waals surface area contributed by atoms with Crippen LogP contribution in [0.2, 0.25) is 20.1 Å². The molecular formula is C13H11Cl4N3. The van der Waals surface area contributed by atoms with Crippen molar-refractivity contribution in [3.63, 3.8) is 0 Å². The van der Waals surface area contributed by atoms with Crippen molar-refractivity contribution in [3.8, 4) is 0 Å². The molecule has 1 aromatic heterocycles. The quantitative estimate of drug-likeness (QED) is 0.723. The highest BCUT2D eigenvalue weighted by molar-refractivity contribution is 6.38. The smallest absolute Gasteiger partial charge is 0.151 e. The van der Waals surface area contributed by atoms with Crippen LogP contribution < -0.4 is 10.6 Å². The standard InChI is InChI=1S/C13H11Cl4N3/c1-2-18-12-9(16)6-10(17)13(20-12)19-11-5-7(14)3-4-8(11)15/h3-6H,2H2,1H3,(H2,18,19,20). The van der Waals surface area contributed by atoms with Crippen LogP contribution in [-0.2, 0) is 0 Å². The summed E-state index contributed by atoms with van der Waals surface area (Å²) < 4.78 is 0. The zero-order valence-corrected chi connectivity index (χ0v) is 13.5. The Morgan fingerprint density at radius 1 is 0.950 bits per heavy atom. The molecule has 0 saturated heterocycles. The molecule has 0 aliphatic carbocycles. The fourth-order valence-electron chi connectivity index (χ4n) is 1.57. The number of halogens is 4. The Balaban J connectivity index is 2.37. The number of aromatic nitrogens is 1. The molecule has 7 heteroatoms. The predicted octanol–water partition coefficient (Wildman–Crippen LogP) is 5.87. The molecule has 3 nitrogen and oxygen atoms in total. The van der Waals surface area contributed by atoms with Gasteiger partial charge in [-0.2, -0.15) is 0 Å². The van der Waals surface area contributed by atoms with Crippen LogP contribution >= 0.6 is 46.4 Å². The third-order valence-corrected chi connectivity index (χ3v) is 3.60. The van der Waals surface area contributed by atoms with E-state index in [1.807, 2.05) is 6.92 Å². The Kier molecular flexibility index (Phi) is 5.22. The first-order valence-corrected chi connectivity index (χ1v) is 7.34. The van der Waals surface area contributed by atoms with Gasteiger partial charge in [-0.15, -0.1) is 0 Å². The fourth-order valence-corrected chi connectivity index (χ4v) is 2.38. The van der Waals surface area contributed by atoms with Crippen LogP contribution in [0.4, 0.5) is 17.3 Å². The molecule has 0 aliphatic heterocycles. The molecule has 0 amide bonds. The molecule has 0 radical (unpaired) electrons. The fraction of sp³-hybridized carbons (Fsp3) is 0.154. The van der Waals surface area contributed by atoms with Gasteiger partial charge in [-0.1, -0.05) is 46.4 Å². The van der Waals surface area contributed by atoms with Crippen LogP contribution in [0.15, 0.2) is 24.3 Å². The number of hydrogen-bond acceptors (Lipinski definition) is 3. The molecule has 106 valence electrons. The van der Waals surface area contributed by atoms with Crippen LogP contribution in [0, 0.1) is 0 Å². The van der Waals surface area contributed by atoms with Crippen molar-refractivity contribution in [1.82, 2.24) is 4.98 Å². The van der Waals surface area contributed by atoms with E-state index >= 15 is 0 Å². The molecule has 2 N–H and O–H groups in total. The minimum Gasteiger partial charge on any atom is -0.369 e. The lowest BCUT2D eigenvalue weighted by molar-refractivity contribution is 1.16. The van der Waals surface area contributed by atoms with E-state index in [2.05, 4.69) is 15.6 Å². The van der Waals surface area contributed by atoms with E-state index in [0.717, 1.165) is 0 Å². The average molecular weight is 351 g/mol. The van der Waals surface area contributed by atoms with E-state index < -0.39 is 0 Å². The molecular weight excluding hydrogens is 340 g/mol. The maximum atomic E-state index is 6.13. The zero-order chi connectivity index (χ0) is 14.7. The lowest BCUT2D eigenvalue weighted by Crippen LogP contribution is -2.03. The molecule has 0 fully saturated rings. The van der Waals surface area contributed by atoms with Crippen molar-refractivity contribution in [1.29, 1.82) is 0 Å². The SMILES string of the molecule is CCNc1nc(Nc2cc(Cl)ccc2Cl)c(Cl)cc1Cl. The summed E-state index contributed by atoms with van der Waals surface area (Å²) in [5.41, 5.74) is 0.623. The van der Waals surface area contributed by atoms with Gasteiger partial charge in [0.2, 0.25) is 0 Å². The molecule has 0 saturated carbocycles. The second-order valence-electron chi connectivity index (χ2n) is 3.93. The van der Waals surface area contributed by atoms with Crippen molar-refractivity contribution in [2.24, 2.45) is 0 Å². The Morgan fingerprint density at radius 2 is 1.65 bits per heavy atom. The minimum absolute atomic E-state index is 0.396. The van der Waals surface area contributed by atoms with Crippen LogP contribution in [0.5, 0.6) is 0 Å². The van der Waals surface area contributed by atoms with Gasteiger partial charge in [-0.05, 0) is 31.2 Å². The second-order valence-corrected chi connectivity index (χ2v) is 5.59. The molecule has 0 unspecified atom stereocenters. The summed E-state index contributed by atoms with van der Waals surface area (Å²) in [4.78, 5) is 4.34. The summed E-state index contributed by atoms with van der Waals surface area (Å²) in [7, 11) is 0. The van der Waals surface area contributed by atoms with Crippen molar-refractivity contribution < 1.29 is 0 Å². The van der Waals surface area contributed by atoms with Crippen LogP contribution in [0.25, 0.3) is 0 Å². The normalized spacial score (nSPS) is 10.4. The molecule has 20 heavy (non-hydrogen) atoms. The molecule has 0 aliphatic rings. The van der Waals surface area contributed by atoms with E-state index in [0.29, 0.717) is 44.0 Å². The number of benzene rings is 1. The third-order valence-electron chi connectivity index (χ3n) is 2.46. The maximum Gasteiger partial charge on any atom is 0.151 e. The van der Waals surface area contributed by atoms with E-state index in [4.69, 9.17) is 46.4 Å². The number of nitrogens with zero attached hydrogens (tertiary/aromatic N) is 1. The Hall–Kier alpha value is -0.870. The molecule has 0 atom stereocenters. The predicted molar refractivity (Wildman–Crippen MR) is 88.2 cm³/mol. The largest absolute Gasteiger partial charge is 0.369 e. The van der Waals surface area contributed by atoms with Gasteiger partial charge in [0.05, 0.1) is 20.8 Å². The summed E-state index contributed by atoms with van der Waals surface area (Å²) in [5, 5.41) is 8.04. The van der Waals surface area contributed by atoms with E-state index in [1.54, 1.807) is 24.3 Å². The highest BCUT2D eigenvalue weighted by Gasteiger charge is 2.11. The Morgan fingerprint density at radius 3 is 2.35 bits per heavy atom. The molecule has 1 heterocycles. The first-order chi connectivity index (χ1) is 9.51. The lowest BCUT2D eigenvalue weighted by atomic mass is 10.3. The second kappa shape index (κ2) is 6.72. The summed E-state index contributed by atoms with van der Waals surface area (Å²) >= 11 is 24.2. The zero-order valence-electron chi connectivity index (χ0n) is 10.5. The lowest BCUT2D eigenvalue weighted by Gasteiger charge is -2.12. The number of pyridine rings is 1. The van der Waals surface area contributed by atoms with Crippen LogP contribution in [-0.4, -0.2) is 11.5 Å². The Bertz CT molecular complexity index is 631. The van der Waals surface area contributed by atoms with Gasteiger partial charge in [-0.25, -0.2) is 4.98 Å². The van der Waals surface area contributed by atoms with Gasteiger partial charge in [0.1, 0.15) is 5.82 Å². The molecule has 0 spiro atoms. The third kappa shape index (κ3) is 3.61. The summed E-state index contributed by atoms with van der Waals surface area (Å²) in [6, 6.07) is 6.72. The van der Waals surface area contributed by atoms with Gasteiger partial charge in [-0.3, -0.25) is 0 Å². The molecule has 2 aromatic rings.